The van der Waals surface area contributed by atoms with Crippen LogP contribution in [0.1, 0.15) is 93.9 Å². The lowest BCUT2D eigenvalue weighted by molar-refractivity contribution is -0.0533. The highest BCUT2D eigenvalue weighted by molar-refractivity contribution is 7.92. The monoisotopic (exact) mass is 698 g/mol. The first-order valence-corrected chi connectivity index (χ1v) is 19.9. The molecule has 1 aliphatic carbocycles. The Labute approximate surface area is 291 Å². The molecule has 7 heterocycles. The topological polar surface area (TPSA) is 133 Å². The fraction of sp³-hybridized carbons (Fsp3) is 0.486. The van der Waals surface area contributed by atoms with E-state index in [1.807, 2.05) is 24.5 Å². The average Bonchev–Trinajstić information content (AvgIpc) is 3.84. The first-order chi connectivity index (χ1) is 23.6. The molecule has 1 N–H and O–H groups in total. The number of ether oxygens (including phenoxy) is 1. The normalized spacial score (nSPS) is 24.4. The second kappa shape index (κ2) is 12.5. The summed E-state index contributed by atoms with van der Waals surface area (Å²) >= 11 is 1.55. The van der Waals surface area contributed by atoms with Crippen molar-refractivity contribution in [1.29, 1.82) is 0 Å². The zero-order valence-electron chi connectivity index (χ0n) is 28.6. The Morgan fingerprint density at radius 3 is 2.63 bits per heavy atom. The summed E-state index contributed by atoms with van der Waals surface area (Å²) in [4.78, 5) is 15.7. The molecule has 3 unspecified atom stereocenters. The van der Waals surface area contributed by atoms with Crippen LogP contribution < -0.4 is 5.32 Å². The minimum Gasteiger partial charge on any atom is -0.421 e. The maximum absolute atomic E-state index is 14.2. The van der Waals surface area contributed by atoms with Crippen molar-refractivity contribution in [3.05, 3.63) is 65.2 Å². The number of hydrogen-bond donors (Lipinski definition) is 1. The number of fused-ring (bicyclic) bond motifs is 3. The standard InChI is InChI=1S/C37H42N6O4S2/c1-19(2)26-18-49(44,45)35-32(30-17-24-12-14-39-36(34(24)48-30)41-28-11-10-27-25(28)7-6-13-38-27)31(37-43-42-22(5)47-37)29(40-33(26)35)9-8-23-15-20(3)46-21(4)16-23/h6-7,12-14,17,19-21,23,26,28H,8-11,15-16,18H2,1-5H3,(H,39,41)/t20?,21?,23?,26?,28-/m0/s1. The van der Waals surface area contributed by atoms with Gasteiger partial charge in [-0.25, -0.2) is 13.4 Å². The van der Waals surface area contributed by atoms with Crippen molar-refractivity contribution in [1.82, 2.24) is 25.1 Å². The van der Waals surface area contributed by atoms with Gasteiger partial charge in [0.15, 0.2) is 9.84 Å². The van der Waals surface area contributed by atoms with E-state index in [0.29, 0.717) is 45.8 Å². The number of anilines is 1. The van der Waals surface area contributed by atoms with E-state index in [4.69, 9.17) is 19.1 Å². The van der Waals surface area contributed by atoms with Crippen molar-refractivity contribution < 1.29 is 17.6 Å². The van der Waals surface area contributed by atoms with Crippen LogP contribution in [-0.4, -0.2) is 51.5 Å². The SMILES string of the molecule is Cc1nnc(-c2c(CCC3CC(C)OC(C)C3)nc3c(c2-c2cc4ccnc(N[C@H]5CCc6ncccc65)c4s2)S(=O)(=O)CC3C(C)C)o1. The van der Waals surface area contributed by atoms with Crippen LogP contribution in [-0.2, 0) is 27.4 Å². The zero-order valence-corrected chi connectivity index (χ0v) is 30.2. The molecule has 1 fully saturated rings. The van der Waals surface area contributed by atoms with E-state index in [1.165, 1.54) is 5.56 Å². The predicted octanol–water partition coefficient (Wildman–Crippen LogP) is 7.87. The van der Waals surface area contributed by atoms with Gasteiger partial charge in [0.1, 0.15) is 5.82 Å². The van der Waals surface area contributed by atoms with E-state index in [-0.39, 0.29) is 35.8 Å². The number of thiophene rings is 1. The number of pyridine rings is 3. The molecule has 0 bridgehead atoms. The fourth-order valence-corrected chi connectivity index (χ4v) is 11.6. The number of nitrogens with zero attached hydrogens (tertiary/aromatic N) is 5. The Bertz CT molecular complexity index is 2150. The molecule has 3 aliphatic rings. The molecule has 0 spiro atoms. The lowest BCUT2D eigenvalue weighted by Gasteiger charge is -2.32. The molecule has 0 aromatic carbocycles. The van der Waals surface area contributed by atoms with Crippen LogP contribution in [0.25, 0.3) is 32.0 Å². The van der Waals surface area contributed by atoms with Gasteiger partial charge in [0, 0.05) is 41.4 Å². The molecule has 5 aromatic rings. The Morgan fingerprint density at radius 2 is 1.88 bits per heavy atom. The number of hydrogen-bond acceptors (Lipinski definition) is 11. The third kappa shape index (κ3) is 5.95. The van der Waals surface area contributed by atoms with Crippen LogP contribution >= 0.6 is 11.3 Å². The fourth-order valence-electron chi connectivity index (χ4n) is 8.19. The van der Waals surface area contributed by atoms with Gasteiger partial charge in [0.25, 0.3) is 0 Å². The molecule has 0 amide bonds. The highest BCUT2D eigenvalue weighted by Crippen LogP contribution is 2.51. The van der Waals surface area contributed by atoms with Crippen LogP contribution in [0.5, 0.6) is 0 Å². The van der Waals surface area contributed by atoms with Crippen molar-refractivity contribution in [2.45, 2.75) is 102 Å². The number of aromatic nitrogens is 5. The maximum atomic E-state index is 14.2. The van der Waals surface area contributed by atoms with Crippen molar-refractivity contribution in [3.8, 4) is 21.9 Å². The first kappa shape index (κ1) is 32.5. The second-order valence-electron chi connectivity index (χ2n) is 14.4. The summed E-state index contributed by atoms with van der Waals surface area (Å²) in [5.74, 6) is 1.91. The Hall–Kier alpha value is -3.74. The first-order valence-electron chi connectivity index (χ1n) is 17.4. The van der Waals surface area contributed by atoms with Gasteiger partial charge in [-0.2, -0.15) is 0 Å². The number of sulfone groups is 1. The molecule has 0 radical (unpaired) electrons. The van der Waals surface area contributed by atoms with Gasteiger partial charge < -0.3 is 14.5 Å². The van der Waals surface area contributed by atoms with Gasteiger partial charge >= 0.3 is 0 Å². The molecule has 4 atom stereocenters. The Kier molecular flexibility index (Phi) is 8.31. The third-order valence-corrected chi connectivity index (χ3v) is 13.4. The van der Waals surface area contributed by atoms with E-state index in [1.54, 1.807) is 18.3 Å². The molecule has 5 aromatic heterocycles. The van der Waals surface area contributed by atoms with Gasteiger partial charge in [-0.1, -0.05) is 19.9 Å². The second-order valence-corrected chi connectivity index (χ2v) is 17.4. The number of rotatable bonds is 8. The molecular weight excluding hydrogens is 657 g/mol. The van der Waals surface area contributed by atoms with Crippen LogP contribution in [0.4, 0.5) is 5.82 Å². The molecule has 12 heteroatoms. The molecule has 10 nitrogen and oxygen atoms in total. The molecular formula is C37H42N6O4S2. The molecule has 2 aliphatic heterocycles. The van der Waals surface area contributed by atoms with E-state index in [0.717, 1.165) is 64.3 Å². The van der Waals surface area contributed by atoms with Crippen LogP contribution in [0.2, 0.25) is 0 Å². The molecule has 256 valence electrons. The highest BCUT2D eigenvalue weighted by Gasteiger charge is 2.43. The van der Waals surface area contributed by atoms with Gasteiger partial charge in [-0.3, -0.25) is 9.97 Å². The maximum Gasteiger partial charge on any atom is 0.250 e. The number of aryl methyl sites for hydroxylation is 3. The third-order valence-electron chi connectivity index (χ3n) is 10.4. The van der Waals surface area contributed by atoms with Gasteiger partial charge in [-0.15, -0.1) is 21.5 Å². The van der Waals surface area contributed by atoms with Crippen LogP contribution in [0, 0.1) is 18.8 Å². The van der Waals surface area contributed by atoms with Gasteiger partial charge in [-0.05, 0) is 93.4 Å². The summed E-state index contributed by atoms with van der Waals surface area (Å²) in [5.41, 5.74) is 5.05. The van der Waals surface area contributed by atoms with Crippen LogP contribution in [0.15, 0.2) is 46.0 Å². The Balaban J connectivity index is 1.30. The van der Waals surface area contributed by atoms with E-state index in [2.05, 4.69) is 60.3 Å². The quantitative estimate of drug-likeness (QED) is 0.171. The van der Waals surface area contributed by atoms with Gasteiger partial charge in [0.2, 0.25) is 11.8 Å². The minimum atomic E-state index is -3.67. The minimum absolute atomic E-state index is 0.0368. The van der Waals surface area contributed by atoms with Gasteiger partial charge in [0.05, 0.1) is 50.5 Å². The highest BCUT2D eigenvalue weighted by atomic mass is 32.2. The molecule has 8 rings (SSSR count). The number of nitrogens with one attached hydrogen (secondary N) is 1. The summed E-state index contributed by atoms with van der Waals surface area (Å²) in [7, 11) is -3.67. The molecule has 49 heavy (non-hydrogen) atoms. The summed E-state index contributed by atoms with van der Waals surface area (Å²) in [5, 5.41) is 13.3. The predicted molar refractivity (Wildman–Crippen MR) is 190 cm³/mol. The lowest BCUT2D eigenvalue weighted by Crippen LogP contribution is -2.29. The van der Waals surface area contributed by atoms with Crippen LogP contribution in [0.3, 0.4) is 0 Å². The van der Waals surface area contributed by atoms with E-state index >= 15 is 0 Å². The van der Waals surface area contributed by atoms with Crippen molar-refractivity contribution in [2.24, 2.45) is 11.8 Å². The van der Waals surface area contributed by atoms with E-state index < -0.39 is 9.84 Å². The van der Waals surface area contributed by atoms with Crippen molar-refractivity contribution in [3.63, 3.8) is 0 Å². The Morgan fingerprint density at radius 1 is 1.06 bits per heavy atom. The lowest BCUT2D eigenvalue weighted by atomic mass is 9.86. The van der Waals surface area contributed by atoms with Crippen molar-refractivity contribution in [2.75, 3.05) is 11.1 Å². The van der Waals surface area contributed by atoms with Crippen molar-refractivity contribution >= 4 is 37.1 Å². The molecule has 1 saturated heterocycles. The smallest absolute Gasteiger partial charge is 0.250 e. The zero-order chi connectivity index (χ0) is 34.0. The summed E-state index contributed by atoms with van der Waals surface area (Å²) < 4.78 is 41.6. The van der Waals surface area contributed by atoms with E-state index in [9.17, 15) is 8.42 Å². The molecule has 0 saturated carbocycles. The summed E-state index contributed by atoms with van der Waals surface area (Å²) in [6.07, 6.45) is 9.46. The largest absolute Gasteiger partial charge is 0.421 e. The summed E-state index contributed by atoms with van der Waals surface area (Å²) in [6, 6.07) is 8.28. The summed E-state index contributed by atoms with van der Waals surface area (Å²) in [6.45, 7) is 10.2. The average molecular weight is 699 g/mol.